The first-order valence-electron chi connectivity index (χ1n) is 7.69. The molecule has 1 unspecified atom stereocenters. The van der Waals surface area contributed by atoms with Gasteiger partial charge in [0.05, 0.1) is 0 Å². The maximum absolute atomic E-state index is 11.5. The quantitative estimate of drug-likeness (QED) is 0.773. The molecule has 0 bridgehead atoms. The molecule has 0 aliphatic carbocycles. The van der Waals surface area contributed by atoms with Crippen LogP contribution in [-0.2, 0) is 4.79 Å². The average molecular weight is 277 g/mol. The smallest absolute Gasteiger partial charge is 0.222 e. The number of hydrogen-bond donors (Lipinski definition) is 0. The summed E-state index contributed by atoms with van der Waals surface area (Å²) in [4.78, 5) is 20.3. The zero-order valence-electron chi connectivity index (χ0n) is 13.0. The van der Waals surface area contributed by atoms with Gasteiger partial charge in [0.15, 0.2) is 0 Å². The van der Waals surface area contributed by atoms with Crippen molar-refractivity contribution in [2.24, 2.45) is 10.9 Å². The number of likely N-dealkylation sites (tertiary alicyclic amines) is 1. The Morgan fingerprint density at radius 3 is 2.65 bits per heavy atom. The van der Waals surface area contributed by atoms with E-state index in [9.17, 15) is 4.79 Å². The lowest BCUT2D eigenvalue weighted by atomic mass is 9.90. The Hall–Kier alpha value is -1.16. The molecule has 0 aromatic heterocycles. The van der Waals surface area contributed by atoms with Crippen molar-refractivity contribution >= 4 is 12.1 Å². The zero-order chi connectivity index (χ0) is 14.6. The third kappa shape index (κ3) is 3.69. The lowest BCUT2D eigenvalue weighted by molar-refractivity contribution is -0.128. The largest absolute Gasteiger partial charge is 0.349 e. The van der Waals surface area contributed by atoms with Crippen molar-refractivity contribution < 1.29 is 4.79 Å². The van der Waals surface area contributed by atoms with Crippen molar-refractivity contribution in [3.63, 3.8) is 0 Å². The van der Waals surface area contributed by atoms with Crippen molar-refractivity contribution in [3.8, 4) is 0 Å². The molecule has 2 rings (SSSR count). The zero-order valence-corrected chi connectivity index (χ0v) is 13.0. The summed E-state index contributed by atoms with van der Waals surface area (Å²) in [7, 11) is 3.66. The minimum Gasteiger partial charge on any atom is -0.349 e. The van der Waals surface area contributed by atoms with Crippen LogP contribution in [0.3, 0.4) is 0 Å². The van der Waals surface area contributed by atoms with Gasteiger partial charge in [-0.25, -0.2) is 0 Å². The van der Waals surface area contributed by atoms with Gasteiger partial charge in [0.2, 0.25) is 5.91 Å². The van der Waals surface area contributed by atoms with Crippen molar-refractivity contribution in [1.29, 1.82) is 0 Å². The van der Waals surface area contributed by atoms with E-state index in [1.807, 2.05) is 26.4 Å². The molecular weight excluding hydrogens is 250 g/mol. The number of aliphatic imine (C=N–C) groups is 1. The SMILES string of the molecule is CN(C)C(=O)CCCC1CCN(C2(C)C=CC=N2)CC1. The second kappa shape index (κ2) is 6.53. The molecule has 2 aliphatic rings. The van der Waals surface area contributed by atoms with E-state index in [4.69, 9.17) is 0 Å². The van der Waals surface area contributed by atoms with Crippen LogP contribution in [0.4, 0.5) is 0 Å². The third-order valence-corrected chi connectivity index (χ3v) is 4.59. The fourth-order valence-corrected chi connectivity index (χ4v) is 3.09. The van der Waals surface area contributed by atoms with Crippen molar-refractivity contribution in [3.05, 3.63) is 12.2 Å². The fraction of sp³-hybridized carbons (Fsp3) is 0.750. The molecule has 112 valence electrons. The highest BCUT2D eigenvalue weighted by Gasteiger charge is 2.32. The van der Waals surface area contributed by atoms with E-state index in [1.165, 1.54) is 19.3 Å². The van der Waals surface area contributed by atoms with E-state index < -0.39 is 0 Å². The number of piperidine rings is 1. The Bertz CT molecular complexity index is 381. The van der Waals surface area contributed by atoms with Gasteiger partial charge in [-0.3, -0.25) is 14.7 Å². The van der Waals surface area contributed by atoms with Crippen LogP contribution in [0.1, 0.15) is 39.0 Å². The van der Waals surface area contributed by atoms with Gasteiger partial charge in [-0.2, -0.15) is 0 Å². The molecule has 0 N–H and O–H groups in total. The van der Waals surface area contributed by atoms with E-state index in [-0.39, 0.29) is 11.6 Å². The molecule has 0 saturated carbocycles. The normalized spacial score (nSPS) is 27.1. The summed E-state index contributed by atoms with van der Waals surface area (Å²) >= 11 is 0. The number of allylic oxidation sites excluding steroid dienone is 1. The van der Waals surface area contributed by atoms with Gasteiger partial charge < -0.3 is 4.90 Å². The second-order valence-electron chi connectivity index (χ2n) is 6.34. The molecule has 1 fully saturated rings. The molecule has 0 aromatic rings. The maximum Gasteiger partial charge on any atom is 0.222 e. The first-order valence-corrected chi connectivity index (χ1v) is 7.69. The maximum atomic E-state index is 11.5. The van der Waals surface area contributed by atoms with Gasteiger partial charge in [0, 0.05) is 39.8 Å². The first-order chi connectivity index (χ1) is 9.51. The van der Waals surface area contributed by atoms with E-state index in [2.05, 4.69) is 22.9 Å². The molecule has 1 saturated heterocycles. The summed E-state index contributed by atoms with van der Waals surface area (Å²) in [6.45, 7) is 4.41. The van der Waals surface area contributed by atoms with Gasteiger partial charge in [-0.15, -0.1) is 0 Å². The molecule has 0 radical (unpaired) electrons. The number of carbonyl (C=O) groups excluding carboxylic acids is 1. The molecule has 20 heavy (non-hydrogen) atoms. The lowest BCUT2D eigenvalue weighted by Gasteiger charge is -2.40. The number of amides is 1. The average Bonchev–Trinajstić information content (AvgIpc) is 2.87. The monoisotopic (exact) mass is 277 g/mol. The Kier molecular flexibility index (Phi) is 4.97. The number of nitrogens with zero attached hydrogens (tertiary/aromatic N) is 3. The summed E-state index contributed by atoms with van der Waals surface area (Å²) < 4.78 is 0. The molecular formula is C16H27N3O. The van der Waals surface area contributed by atoms with Crippen LogP contribution in [-0.4, -0.2) is 54.8 Å². The number of carbonyl (C=O) groups is 1. The predicted octanol–water partition coefficient (Wildman–Crippen LogP) is 2.31. The van der Waals surface area contributed by atoms with E-state index >= 15 is 0 Å². The van der Waals surface area contributed by atoms with Crippen LogP contribution in [0, 0.1) is 5.92 Å². The second-order valence-corrected chi connectivity index (χ2v) is 6.34. The standard InChI is InChI=1S/C16H27N3O/c1-16(10-5-11-17-16)19-12-8-14(9-13-19)6-4-7-15(20)18(2)3/h5,10-11,14H,4,6-9,12-13H2,1-3H3. The Labute approximate surface area is 122 Å². The van der Waals surface area contributed by atoms with Crippen molar-refractivity contribution in [1.82, 2.24) is 9.80 Å². The third-order valence-electron chi connectivity index (χ3n) is 4.59. The minimum atomic E-state index is -0.105. The van der Waals surface area contributed by atoms with E-state index in [0.717, 1.165) is 25.4 Å². The Morgan fingerprint density at radius 1 is 1.40 bits per heavy atom. The molecule has 4 nitrogen and oxygen atoms in total. The summed E-state index contributed by atoms with van der Waals surface area (Å²) in [5.41, 5.74) is -0.105. The van der Waals surface area contributed by atoms with Gasteiger partial charge in [0.1, 0.15) is 5.66 Å². The number of hydrogen-bond acceptors (Lipinski definition) is 3. The van der Waals surface area contributed by atoms with Gasteiger partial charge >= 0.3 is 0 Å². The molecule has 0 aromatic carbocycles. The molecule has 2 aliphatic heterocycles. The lowest BCUT2D eigenvalue weighted by Crippen LogP contribution is -2.47. The highest BCUT2D eigenvalue weighted by atomic mass is 16.2. The van der Waals surface area contributed by atoms with Crippen LogP contribution in [0.2, 0.25) is 0 Å². The highest BCUT2D eigenvalue weighted by molar-refractivity contribution is 5.75. The van der Waals surface area contributed by atoms with E-state index in [0.29, 0.717) is 6.42 Å². The molecule has 2 heterocycles. The topological polar surface area (TPSA) is 35.9 Å². The molecule has 0 spiro atoms. The van der Waals surface area contributed by atoms with Gasteiger partial charge in [-0.1, -0.05) is 0 Å². The molecule has 4 heteroatoms. The Morgan fingerprint density at radius 2 is 2.10 bits per heavy atom. The molecule has 1 atom stereocenters. The summed E-state index contributed by atoms with van der Waals surface area (Å²) in [5.74, 6) is 1.03. The summed E-state index contributed by atoms with van der Waals surface area (Å²) in [6.07, 6.45) is 11.5. The van der Waals surface area contributed by atoms with Crippen LogP contribution in [0.25, 0.3) is 0 Å². The summed E-state index contributed by atoms with van der Waals surface area (Å²) in [6, 6.07) is 0. The minimum absolute atomic E-state index is 0.105. The van der Waals surface area contributed by atoms with Crippen LogP contribution in [0.15, 0.2) is 17.1 Å². The van der Waals surface area contributed by atoms with Crippen molar-refractivity contribution in [2.45, 2.75) is 44.7 Å². The van der Waals surface area contributed by atoms with Crippen LogP contribution >= 0.6 is 0 Å². The fourth-order valence-electron chi connectivity index (χ4n) is 3.09. The summed E-state index contributed by atoms with van der Waals surface area (Å²) in [5, 5.41) is 0. The van der Waals surface area contributed by atoms with E-state index in [1.54, 1.807) is 4.90 Å². The highest BCUT2D eigenvalue weighted by Crippen LogP contribution is 2.30. The van der Waals surface area contributed by atoms with Gasteiger partial charge in [-0.05, 0) is 50.7 Å². The van der Waals surface area contributed by atoms with Crippen molar-refractivity contribution in [2.75, 3.05) is 27.2 Å². The van der Waals surface area contributed by atoms with Gasteiger partial charge in [0.25, 0.3) is 0 Å². The van der Waals surface area contributed by atoms with Crippen LogP contribution in [0.5, 0.6) is 0 Å². The number of rotatable bonds is 5. The molecule has 1 amide bonds. The predicted molar refractivity (Wildman–Crippen MR) is 82.9 cm³/mol. The Balaban J connectivity index is 1.68. The first kappa shape index (κ1) is 15.2. The van der Waals surface area contributed by atoms with Crippen LogP contribution < -0.4 is 0 Å².